The van der Waals surface area contributed by atoms with Crippen LogP contribution in [0.3, 0.4) is 0 Å². The van der Waals surface area contributed by atoms with Crippen LogP contribution < -0.4 is 4.90 Å². The zero-order valence-electron chi connectivity index (χ0n) is 46.0. The highest BCUT2D eigenvalue weighted by molar-refractivity contribution is 6.13. The normalized spacial score (nSPS) is 15.6. The van der Waals surface area contributed by atoms with E-state index in [-0.39, 0.29) is 11.3 Å². The molecule has 0 atom stereocenters. The van der Waals surface area contributed by atoms with Crippen molar-refractivity contribution in [1.29, 1.82) is 0 Å². The molecular weight excluding hydrogens is 663 g/mol. The maximum atomic E-state index is 9.74. The summed E-state index contributed by atoms with van der Waals surface area (Å²) in [5.74, 6) is 0. The summed E-state index contributed by atoms with van der Waals surface area (Å²) in [6.07, 6.45) is 0. The van der Waals surface area contributed by atoms with Crippen LogP contribution in [0.2, 0.25) is 0 Å². The van der Waals surface area contributed by atoms with Crippen LogP contribution in [0.25, 0.3) is 76.8 Å². The smallest absolute Gasteiger partial charge is 0.0645 e. The number of hydrogen-bond donors (Lipinski definition) is 0. The molecule has 0 aliphatic heterocycles. The van der Waals surface area contributed by atoms with E-state index in [0.29, 0.717) is 16.5 Å². The van der Waals surface area contributed by atoms with Crippen molar-refractivity contribution in [1.82, 2.24) is 0 Å². The molecule has 1 nitrogen and oxygen atoms in total. The Bertz CT molecular complexity index is 3860. The summed E-state index contributed by atoms with van der Waals surface area (Å²) in [5, 5.41) is 5.03. The zero-order valence-corrected chi connectivity index (χ0v) is 29.0. The van der Waals surface area contributed by atoms with E-state index in [1.165, 1.54) is 0 Å². The average Bonchev–Trinajstić information content (AvgIpc) is 3.39. The lowest BCUT2D eigenvalue weighted by atomic mass is 9.93. The summed E-state index contributed by atoms with van der Waals surface area (Å²) in [7, 11) is 0. The van der Waals surface area contributed by atoms with Gasteiger partial charge in [-0.15, -0.1) is 0 Å². The second kappa shape index (κ2) is 14.0. The molecule has 0 saturated heterocycles. The van der Waals surface area contributed by atoms with Gasteiger partial charge < -0.3 is 4.90 Å². The maximum absolute atomic E-state index is 9.74. The number of hydrogen-bond acceptors (Lipinski definition) is 1. The van der Waals surface area contributed by atoms with Crippen molar-refractivity contribution < 1.29 is 23.3 Å². The van der Waals surface area contributed by atoms with Gasteiger partial charge in [-0.25, -0.2) is 0 Å². The summed E-state index contributed by atoms with van der Waals surface area (Å²) < 4.78 is 155. The monoisotopic (exact) mass is 716 g/mol. The Hall–Kier alpha value is -7.22. The second-order valence-electron chi connectivity index (χ2n) is 12.8. The van der Waals surface area contributed by atoms with Crippen LogP contribution in [0.15, 0.2) is 224 Å². The Kier molecular flexibility index (Phi) is 4.88. The van der Waals surface area contributed by atoms with Crippen molar-refractivity contribution in [3.63, 3.8) is 0 Å². The summed E-state index contributed by atoms with van der Waals surface area (Å²) in [4.78, 5) is 1.15. The van der Waals surface area contributed by atoms with Crippen molar-refractivity contribution in [3.8, 4) is 44.5 Å². The number of rotatable bonds is 7. The molecule has 10 aromatic carbocycles. The van der Waals surface area contributed by atoms with Gasteiger partial charge in [-0.3, -0.25) is 0 Å². The Morgan fingerprint density at radius 3 is 1.49 bits per heavy atom. The van der Waals surface area contributed by atoms with Crippen LogP contribution in [0, 0.1) is 0 Å². The molecule has 0 bridgehead atoms. The summed E-state index contributed by atoms with van der Waals surface area (Å²) in [6, 6.07) is 24.4. The Balaban J connectivity index is 1.24. The van der Waals surface area contributed by atoms with Crippen molar-refractivity contribution >= 4 is 49.4 Å². The molecule has 1 heteroatoms. The summed E-state index contributed by atoms with van der Waals surface area (Å²) in [6.45, 7) is 0. The number of fused-ring (bicyclic) bond motifs is 4. The first kappa shape index (κ1) is 19.2. The fourth-order valence-corrected chi connectivity index (χ4v) is 6.95. The van der Waals surface area contributed by atoms with Crippen LogP contribution in [-0.2, 0) is 0 Å². The van der Waals surface area contributed by atoms with Gasteiger partial charge in [-0.2, -0.15) is 0 Å². The standard InChI is InChI=1S/C54H37N/c1-2-12-38(13-3-1)39-24-26-40(27-25-39)41-28-32-46(33-29-41)55(48-18-10-17-44(36-48)50-23-11-16-42-14-4-6-19-49(42)50)47-34-30-43(31-35-47)54-37-45-15-5-7-20-51(45)52-21-8-9-22-53(52)54/h1-37H/i1D,2D,3D,12D,13D,24D,25D,26D,27D,28D,29D,30D,31D,32D,33D,34D,35D. The quantitative estimate of drug-likeness (QED) is 0.148. The zero-order chi connectivity index (χ0) is 51.3. The predicted octanol–water partition coefficient (Wildman–Crippen LogP) is 15.3. The summed E-state index contributed by atoms with van der Waals surface area (Å²) in [5.41, 5.74) is -1.50. The molecular formula is C54H37N. The van der Waals surface area contributed by atoms with Gasteiger partial charge in [0.05, 0.1) is 23.3 Å². The highest BCUT2D eigenvalue weighted by atomic mass is 15.1. The van der Waals surface area contributed by atoms with E-state index in [9.17, 15) is 11.0 Å². The Morgan fingerprint density at radius 1 is 0.291 bits per heavy atom. The van der Waals surface area contributed by atoms with Gasteiger partial charge >= 0.3 is 0 Å². The molecule has 0 aliphatic carbocycles. The molecule has 0 saturated carbocycles. The topological polar surface area (TPSA) is 3.24 Å². The molecule has 0 aromatic heterocycles. The molecule has 10 aromatic rings. The lowest BCUT2D eigenvalue weighted by Crippen LogP contribution is -2.10. The first-order valence-corrected chi connectivity index (χ1v) is 17.5. The van der Waals surface area contributed by atoms with E-state index < -0.39 is 136 Å². The van der Waals surface area contributed by atoms with Gasteiger partial charge in [0.25, 0.3) is 0 Å². The van der Waals surface area contributed by atoms with Crippen molar-refractivity contribution in [2.45, 2.75) is 0 Å². The molecule has 258 valence electrons. The lowest BCUT2D eigenvalue weighted by molar-refractivity contribution is 1.28. The first-order chi connectivity index (χ1) is 34.4. The third-order valence-corrected chi connectivity index (χ3v) is 9.54. The molecule has 10 rings (SSSR count). The number of anilines is 3. The molecule has 0 N–H and O–H groups in total. The minimum atomic E-state index is -0.873. The molecule has 0 aliphatic rings. The van der Waals surface area contributed by atoms with Crippen LogP contribution in [0.5, 0.6) is 0 Å². The second-order valence-corrected chi connectivity index (χ2v) is 12.8. The number of benzene rings is 10. The van der Waals surface area contributed by atoms with Gasteiger partial charge in [0.2, 0.25) is 0 Å². The molecule has 0 heterocycles. The van der Waals surface area contributed by atoms with Crippen LogP contribution in [-0.4, -0.2) is 0 Å². The molecule has 0 amide bonds. The van der Waals surface area contributed by atoms with E-state index in [1.54, 1.807) is 18.2 Å². The van der Waals surface area contributed by atoms with Gasteiger partial charge in [0, 0.05) is 17.1 Å². The third-order valence-electron chi connectivity index (χ3n) is 9.54. The predicted molar refractivity (Wildman–Crippen MR) is 235 cm³/mol. The van der Waals surface area contributed by atoms with E-state index >= 15 is 0 Å². The molecule has 0 spiro atoms. The van der Waals surface area contributed by atoms with E-state index in [2.05, 4.69) is 0 Å². The van der Waals surface area contributed by atoms with Gasteiger partial charge in [-0.05, 0) is 119 Å². The van der Waals surface area contributed by atoms with Crippen LogP contribution >= 0.6 is 0 Å². The van der Waals surface area contributed by atoms with Gasteiger partial charge in [0.1, 0.15) is 0 Å². The number of nitrogens with zero attached hydrogens (tertiary/aromatic N) is 1. The van der Waals surface area contributed by atoms with Gasteiger partial charge in [0.15, 0.2) is 0 Å². The largest absolute Gasteiger partial charge is 0.310 e. The highest BCUT2D eigenvalue weighted by Crippen LogP contribution is 2.41. The summed E-state index contributed by atoms with van der Waals surface area (Å²) >= 11 is 0. The van der Waals surface area contributed by atoms with E-state index in [1.807, 2.05) is 103 Å². The Morgan fingerprint density at radius 2 is 0.800 bits per heavy atom. The minimum absolute atomic E-state index is 0.00883. The average molecular weight is 717 g/mol. The van der Waals surface area contributed by atoms with E-state index in [0.717, 1.165) is 37.4 Å². The highest BCUT2D eigenvalue weighted by Gasteiger charge is 2.16. The van der Waals surface area contributed by atoms with Crippen molar-refractivity contribution in [2.75, 3.05) is 4.90 Å². The van der Waals surface area contributed by atoms with Crippen LogP contribution in [0.4, 0.5) is 17.1 Å². The van der Waals surface area contributed by atoms with Crippen molar-refractivity contribution in [2.24, 2.45) is 0 Å². The first-order valence-electron chi connectivity index (χ1n) is 26.0. The fourth-order valence-electron chi connectivity index (χ4n) is 6.95. The molecule has 0 radical (unpaired) electrons. The lowest BCUT2D eigenvalue weighted by Gasteiger charge is -2.26. The van der Waals surface area contributed by atoms with Gasteiger partial charge in [-0.1, -0.05) is 182 Å². The molecule has 0 fully saturated rings. The Labute approximate surface area is 345 Å². The van der Waals surface area contributed by atoms with E-state index in [4.69, 9.17) is 12.3 Å². The van der Waals surface area contributed by atoms with Crippen LogP contribution in [0.1, 0.15) is 23.3 Å². The molecule has 0 unspecified atom stereocenters. The SMILES string of the molecule is [2H]c1c([2H])c([2H])c(-c2c([2H])c([2H])c(-c3c([2H])c([2H])c(N(c4cccc(-c5cccc6ccccc56)c4)c4c([2H])c([2H])c(-c5cc6ccccc6c6ccccc56)c([2H])c4[2H])c([2H])c3[2H])c([2H])c2[2H])c([2H])c1[2H]. The minimum Gasteiger partial charge on any atom is -0.310 e. The van der Waals surface area contributed by atoms with Crippen molar-refractivity contribution in [3.05, 3.63) is 224 Å². The molecule has 55 heavy (non-hydrogen) atoms. The fraction of sp³-hybridized carbons (Fsp3) is 0. The third kappa shape index (κ3) is 6.12. The maximum Gasteiger partial charge on any atom is 0.0645 e.